The molecule has 0 aliphatic carbocycles. The Hall–Kier alpha value is -2.81. The fourth-order valence-electron chi connectivity index (χ4n) is 3.12. The number of imide groups is 1. The molecule has 9 heteroatoms. The Labute approximate surface area is 157 Å². The molecule has 3 rings (SSSR count). The zero-order valence-corrected chi connectivity index (χ0v) is 15.4. The van der Waals surface area contributed by atoms with Crippen molar-refractivity contribution in [2.45, 2.75) is 19.1 Å². The fraction of sp³-hybridized carbons (Fsp3) is 0.500. The molecular weight excluding hydrogens is 352 g/mol. The predicted octanol–water partition coefficient (Wildman–Crippen LogP) is -0.185. The van der Waals surface area contributed by atoms with Gasteiger partial charge in [-0.05, 0) is 19.1 Å². The molecule has 1 fully saturated rings. The summed E-state index contributed by atoms with van der Waals surface area (Å²) in [4.78, 5) is 39.7. The van der Waals surface area contributed by atoms with Gasteiger partial charge in [-0.3, -0.25) is 19.8 Å². The van der Waals surface area contributed by atoms with Crippen molar-refractivity contribution in [1.29, 1.82) is 0 Å². The van der Waals surface area contributed by atoms with Crippen molar-refractivity contribution in [3.8, 4) is 11.5 Å². The molecule has 0 bridgehead atoms. The highest BCUT2D eigenvalue weighted by Crippen LogP contribution is 2.31. The third kappa shape index (κ3) is 4.30. The molecule has 0 radical (unpaired) electrons. The van der Waals surface area contributed by atoms with Crippen LogP contribution >= 0.6 is 0 Å². The molecule has 2 heterocycles. The first-order valence-corrected chi connectivity index (χ1v) is 8.93. The molecule has 146 valence electrons. The van der Waals surface area contributed by atoms with Crippen LogP contribution in [0.5, 0.6) is 11.5 Å². The number of carbonyl (C=O) groups is 3. The Morgan fingerprint density at radius 3 is 2.44 bits per heavy atom. The highest BCUT2D eigenvalue weighted by atomic mass is 16.6. The molecule has 1 aromatic rings. The van der Waals surface area contributed by atoms with Gasteiger partial charge in [0.15, 0.2) is 11.5 Å². The van der Waals surface area contributed by atoms with Gasteiger partial charge in [0.2, 0.25) is 12.0 Å². The number of nitrogens with zero attached hydrogens (tertiary/aromatic N) is 2. The van der Waals surface area contributed by atoms with Crippen molar-refractivity contribution in [2.75, 3.05) is 39.8 Å². The van der Waals surface area contributed by atoms with E-state index in [1.807, 2.05) is 17.0 Å². The average Bonchev–Trinajstić information content (AvgIpc) is 2.72. The molecule has 2 N–H and O–H groups in total. The first-order chi connectivity index (χ1) is 13.0. The number of hydrogen-bond acceptors (Lipinski definition) is 6. The number of hydrogen-bond donors (Lipinski definition) is 2. The Balaban J connectivity index is 1.51. The maximum atomic E-state index is 12.7. The lowest BCUT2D eigenvalue weighted by atomic mass is 10.2. The van der Waals surface area contributed by atoms with E-state index in [1.165, 1.54) is 7.05 Å². The van der Waals surface area contributed by atoms with Crippen molar-refractivity contribution >= 4 is 17.8 Å². The summed E-state index contributed by atoms with van der Waals surface area (Å²) in [6.45, 7) is 3.97. The van der Waals surface area contributed by atoms with Crippen LogP contribution in [0.25, 0.3) is 0 Å². The minimum atomic E-state index is -0.666. The molecule has 9 nitrogen and oxygen atoms in total. The fourth-order valence-corrected chi connectivity index (χ4v) is 3.12. The minimum absolute atomic E-state index is 0.119. The van der Waals surface area contributed by atoms with Gasteiger partial charge in [-0.25, -0.2) is 4.79 Å². The predicted molar refractivity (Wildman–Crippen MR) is 96.6 cm³/mol. The molecule has 0 aromatic heterocycles. The number of carbonyl (C=O) groups excluding carboxylic acids is 3. The summed E-state index contributed by atoms with van der Waals surface area (Å²) < 4.78 is 11.4. The van der Waals surface area contributed by atoms with Crippen LogP contribution in [0.2, 0.25) is 0 Å². The molecular formula is C18H24N4O5. The maximum Gasteiger partial charge on any atom is 0.321 e. The summed E-state index contributed by atoms with van der Waals surface area (Å²) in [5.41, 5.74) is 0. The monoisotopic (exact) mass is 376 g/mol. The standard InChI is InChI=1S/C18H24N4O5/c1-12(16(23)20-18(25)19-2)21-7-9-22(10-8-21)17(24)15-11-26-13-5-3-4-6-14(13)27-15/h3-6,12,15H,7-11H2,1-2H3,(H2,19,20,23,25)/t12-,15-/m1/s1. The van der Waals surface area contributed by atoms with E-state index in [9.17, 15) is 14.4 Å². The van der Waals surface area contributed by atoms with Crippen LogP contribution in [-0.2, 0) is 9.59 Å². The van der Waals surface area contributed by atoms with Crippen molar-refractivity contribution in [1.82, 2.24) is 20.4 Å². The zero-order chi connectivity index (χ0) is 19.4. The largest absolute Gasteiger partial charge is 0.485 e. The van der Waals surface area contributed by atoms with Gasteiger partial charge in [0.05, 0.1) is 6.04 Å². The van der Waals surface area contributed by atoms with E-state index in [-0.39, 0.29) is 18.4 Å². The van der Waals surface area contributed by atoms with Crippen LogP contribution < -0.4 is 20.1 Å². The number of amides is 4. The molecule has 4 amide bonds. The topological polar surface area (TPSA) is 100 Å². The SMILES string of the molecule is CNC(=O)NC(=O)[C@@H](C)N1CCN(C(=O)[C@H]2COc3ccccc3O2)CC1. The van der Waals surface area contributed by atoms with Gasteiger partial charge in [0.25, 0.3) is 5.91 Å². The number of benzene rings is 1. The number of rotatable bonds is 3. The summed E-state index contributed by atoms with van der Waals surface area (Å²) in [6, 6.07) is 6.28. The minimum Gasteiger partial charge on any atom is -0.485 e. The van der Waals surface area contributed by atoms with Gasteiger partial charge in [-0.15, -0.1) is 0 Å². The Morgan fingerprint density at radius 1 is 1.11 bits per heavy atom. The number of piperazine rings is 1. The second-order valence-corrected chi connectivity index (χ2v) is 6.47. The molecule has 0 saturated carbocycles. The van der Waals surface area contributed by atoms with Crippen molar-refractivity contribution in [3.63, 3.8) is 0 Å². The number of urea groups is 1. The number of ether oxygens (including phenoxy) is 2. The van der Waals surface area contributed by atoms with E-state index in [0.717, 1.165) is 0 Å². The van der Waals surface area contributed by atoms with Crippen LogP contribution in [0.4, 0.5) is 4.79 Å². The lowest BCUT2D eigenvalue weighted by Crippen LogP contribution is -2.58. The normalized spacial score (nSPS) is 20.5. The van der Waals surface area contributed by atoms with E-state index in [2.05, 4.69) is 10.6 Å². The van der Waals surface area contributed by atoms with Gasteiger partial charge in [0, 0.05) is 33.2 Å². The third-order valence-corrected chi connectivity index (χ3v) is 4.80. The van der Waals surface area contributed by atoms with Crippen molar-refractivity contribution < 1.29 is 23.9 Å². The zero-order valence-electron chi connectivity index (χ0n) is 15.4. The first kappa shape index (κ1) is 19.0. The van der Waals surface area contributed by atoms with Crippen molar-refractivity contribution in [2.24, 2.45) is 0 Å². The molecule has 0 spiro atoms. The Bertz CT molecular complexity index is 717. The highest BCUT2D eigenvalue weighted by Gasteiger charge is 2.34. The van der Waals surface area contributed by atoms with Gasteiger partial charge >= 0.3 is 6.03 Å². The molecule has 2 aliphatic heterocycles. The second-order valence-electron chi connectivity index (χ2n) is 6.47. The maximum absolute atomic E-state index is 12.7. The third-order valence-electron chi connectivity index (χ3n) is 4.80. The summed E-state index contributed by atoms with van der Waals surface area (Å²) in [7, 11) is 1.45. The van der Waals surface area contributed by atoms with E-state index in [4.69, 9.17) is 9.47 Å². The summed E-state index contributed by atoms with van der Waals surface area (Å²) >= 11 is 0. The lowest BCUT2D eigenvalue weighted by molar-refractivity contribution is -0.143. The molecule has 2 aliphatic rings. The quantitative estimate of drug-likeness (QED) is 0.759. The molecule has 27 heavy (non-hydrogen) atoms. The van der Waals surface area contributed by atoms with Crippen LogP contribution in [0.1, 0.15) is 6.92 Å². The average molecular weight is 376 g/mol. The van der Waals surface area contributed by atoms with Gasteiger partial charge in [-0.1, -0.05) is 12.1 Å². The van der Waals surface area contributed by atoms with E-state index < -0.39 is 18.2 Å². The smallest absolute Gasteiger partial charge is 0.321 e. The van der Waals surface area contributed by atoms with E-state index in [1.54, 1.807) is 24.0 Å². The van der Waals surface area contributed by atoms with Crippen LogP contribution in [0.3, 0.4) is 0 Å². The second kappa shape index (κ2) is 8.26. The lowest BCUT2D eigenvalue weighted by Gasteiger charge is -2.39. The van der Waals surface area contributed by atoms with E-state index >= 15 is 0 Å². The number of nitrogens with one attached hydrogen (secondary N) is 2. The molecule has 1 aromatic carbocycles. The Morgan fingerprint density at radius 2 is 1.78 bits per heavy atom. The first-order valence-electron chi connectivity index (χ1n) is 8.93. The van der Waals surface area contributed by atoms with E-state index in [0.29, 0.717) is 37.7 Å². The van der Waals surface area contributed by atoms with Gasteiger partial charge < -0.3 is 19.7 Å². The van der Waals surface area contributed by atoms with Crippen LogP contribution in [-0.4, -0.2) is 79.6 Å². The van der Waals surface area contributed by atoms with Crippen molar-refractivity contribution in [3.05, 3.63) is 24.3 Å². The molecule has 2 atom stereocenters. The summed E-state index contributed by atoms with van der Waals surface area (Å²) in [5.74, 6) is 0.726. The highest BCUT2D eigenvalue weighted by molar-refractivity contribution is 5.96. The Kier molecular flexibility index (Phi) is 5.80. The molecule has 1 saturated heterocycles. The number of fused-ring (bicyclic) bond motifs is 1. The summed E-state index contributed by atoms with van der Waals surface area (Å²) in [6.07, 6.45) is -0.666. The van der Waals surface area contributed by atoms with Crippen LogP contribution in [0.15, 0.2) is 24.3 Å². The van der Waals surface area contributed by atoms with Crippen LogP contribution in [0, 0.1) is 0 Å². The van der Waals surface area contributed by atoms with Gasteiger partial charge in [-0.2, -0.15) is 0 Å². The van der Waals surface area contributed by atoms with Gasteiger partial charge in [0.1, 0.15) is 6.61 Å². The molecule has 0 unspecified atom stereocenters. The number of para-hydroxylation sites is 2. The summed E-state index contributed by atoms with van der Waals surface area (Å²) in [5, 5.41) is 4.63.